The third-order valence-corrected chi connectivity index (χ3v) is 2.96. The molecule has 1 rings (SSSR count). The van der Waals surface area contributed by atoms with Gasteiger partial charge in [0.15, 0.2) is 0 Å². The molecule has 2 nitrogen and oxygen atoms in total. The Balaban J connectivity index is 2.31. The molecule has 0 aliphatic carbocycles. The van der Waals surface area contributed by atoms with Gasteiger partial charge in [-0.3, -0.25) is 0 Å². The highest BCUT2D eigenvalue weighted by Crippen LogP contribution is 2.20. The van der Waals surface area contributed by atoms with Gasteiger partial charge >= 0.3 is 0 Å². The molecule has 0 aliphatic heterocycles. The summed E-state index contributed by atoms with van der Waals surface area (Å²) < 4.78 is 18.5. The van der Waals surface area contributed by atoms with Crippen LogP contribution in [0.1, 0.15) is 38.8 Å². The van der Waals surface area contributed by atoms with Crippen LogP contribution in [-0.2, 0) is 4.74 Å². The number of hydrogen-bond donors (Lipinski definition) is 1. The van der Waals surface area contributed by atoms with E-state index in [9.17, 15) is 4.39 Å². The Morgan fingerprint density at radius 1 is 1.33 bits per heavy atom. The van der Waals surface area contributed by atoms with E-state index in [1.807, 2.05) is 20.8 Å². The Morgan fingerprint density at radius 2 is 2.06 bits per heavy atom. The summed E-state index contributed by atoms with van der Waals surface area (Å²) in [6.45, 7) is 7.70. The van der Waals surface area contributed by atoms with Crippen molar-refractivity contribution >= 4 is 11.6 Å². The van der Waals surface area contributed by atoms with Gasteiger partial charge in [-0.15, -0.1) is 0 Å². The summed E-state index contributed by atoms with van der Waals surface area (Å²) in [5, 5.41) is 3.53. The van der Waals surface area contributed by atoms with Crippen molar-refractivity contribution in [1.29, 1.82) is 0 Å². The molecule has 102 valence electrons. The van der Waals surface area contributed by atoms with Gasteiger partial charge in [0, 0.05) is 12.6 Å². The summed E-state index contributed by atoms with van der Waals surface area (Å²) in [5.74, 6) is -0.377. The van der Waals surface area contributed by atoms with Crippen molar-refractivity contribution in [3.8, 4) is 0 Å². The number of rotatable bonds is 7. The fourth-order valence-electron chi connectivity index (χ4n) is 1.61. The Morgan fingerprint density at radius 3 is 2.67 bits per heavy atom. The summed E-state index contributed by atoms with van der Waals surface area (Å²) in [5.41, 5.74) is 0.992. The first kappa shape index (κ1) is 15.4. The molecule has 0 amide bonds. The molecule has 0 aromatic heterocycles. The minimum Gasteiger partial charge on any atom is -0.379 e. The highest BCUT2D eigenvalue weighted by atomic mass is 35.5. The Bertz CT molecular complexity index is 371. The van der Waals surface area contributed by atoms with Crippen LogP contribution in [0.2, 0.25) is 5.02 Å². The van der Waals surface area contributed by atoms with E-state index in [2.05, 4.69) is 5.32 Å². The molecule has 0 bridgehead atoms. The molecule has 1 unspecified atom stereocenters. The lowest BCUT2D eigenvalue weighted by Crippen LogP contribution is -2.21. The third-order valence-electron chi connectivity index (χ3n) is 2.67. The van der Waals surface area contributed by atoms with Gasteiger partial charge in [-0.25, -0.2) is 4.39 Å². The van der Waals surface area contributed by atoms with Crippen LogP contribution in [0.25, 0.3) is 0 Å². The zero-order valence-electron chi connectivity index (χ0n) is 11.2. The average molecular weight is 274 g/mol. The predicted octanol–water partition coefficient (Wildman–Crippen LogP) is 3.94. The van der Waals surface area contributed by atoms with Crippen LogP contribution in [0.4, 0.5) is 4.39 Å². The van der Waals surface area contributed by atoms with Crippen LogP contribution >= 0.6 is 11.6 Å². The Hall–Kier alpha value is -0.640. The van der Waals surface area contributed by atoms with Gasteiger partial charge in [0.25, 0.3) is 0 Å². The molecule has 0 fully saturated rings. The summed E-state index contributed by atoms with van der Waals surface area (Å²) in [4.78, 5) is 0. The third kappa shape index (κ3) is 5.34. The van der Waals surface area contributed by atoms with E-state index < -0.39 is 0 Å². The largest absolute Gasteiger partial charge is 0.379 e. The van der Waals surface area contributed by atoms with E-state index in [-0.39, 0.29) is 23.0 Å². The van der Waals surface area contributed by atoms with Crippen molar-refractivity contribution in [1.82, 2.24) is 5.32 Å². The average Bonchev–Trinajstić information content (AvgIpc) is 2.31. The van der Waals surface area contributed by atoms with Gasteiger partial charge in [0.05, 0.1) is 11.1 Å². The summed E-state index contributed by atoms with van der Waals surface area (Å²) >= 11 is 5.75. The number of hydrogen-bond acceptors (Lipinski definition) is 2. The minimum atomic E-state index is -0.377. The second kappa shape index (κ2) is 7.72. The second-order valence-corrected chi connectivity index (χ2v) is 5.03. The van der Waals surface area contributed by atoms with E-state index in [0.29, 0.717) is 0 Å². The smallest absolute Gasteiger partial charge is 0.141 e. The van der Waals surface area contributed by atoms with Crippen LogP contribution in [0, 0.1) is 5.82 Å². The first-order valence-electron chi connectivity index (χ1n) is 6.30. The molecule has 0 saturated carbocycles. The number of benzene rings is 1. The zero-order chi connectivity index (χ0) is 13.5. The molecule has 0 aliphatic rings. The zero-order valence-corrected chi connectivity index (χ0v) is 11.9. The van der Waals surface area contributed by atoms with E-state index in [1.54, 1.807) is 12.1 Å². The highest BCUT2D eigenvalue weighted by molar-refractivity contribution is 6.30. The van der Waals surface area contributed by atoms with Gasteiger partial charge in [-0.2, -0.15) is 0 Å². The topological polar surface area (TPSA) is 21.3 Å². The predicted molar refractivity (Wildman–Crippen MR) is 73.5 cm³/mol. The first-order valence-corrected chi connectivity index (χ1v) is 6.68. The lowest BCUT2D eigenvalue weighted by Gasteiger charge is -2.15. The highest BCUT2D eigenvalue weighted by Gasteiger charge is 2.07. The van der Waals surface area contributed by atoms with Crippen LogP contribution in [0.5, 0.6) is 0 Å². The molecule has 4 heteroatoms. The van der Waals surface area contributed by atoms with E-state index in [0.717, 1.165) is 25.1 Å². The van der Waals surface area contributed by atoms with Crippen LogP contribution in [-0.4, -0.2) is 19.3 Å². The lowest BCUT2D eigenvalue weighted by molar-refractivity contribution is 0.0768. The van der Waals surface area contributed by atoms with Gasteiger partial charge < -0.3 is 10.1 Å². The Labute approximate surface area is 113 Å². The monoisotopic (exact) mass is 273 g/mol. The SMILES string of the molecule is CC(C)OCCCNC(C)c1ccc(F)c(Cl)c1. The maximum atomic E-state index is 13.0. The normalized spacial score (nSPS) is 13.0. The van der Waals surface area contributed by atoms with Crippen molar-refractivity contribution in [3.63, 3.8) is 0 Å². The van der Waals surface area contributed by atoms with Gasteiger partial charge in [0.2, 0.25) is 0 Å². The molecule has 0 spiro atoms. The molecular weight excluding hydrogens is 253 g/mol. The summed E-state index contributed by atoms with van der Waals surface area (Å²) in [6.07, 6.45) is 1.23. The fourth-order valence-corrected chi connectivity index (χ4v) is 1.80. The number of ether oxygens (including phenoxy) is 1. The van der Waals surface area contributed by atoms with E-state index in [1.165, 1.54) is 6.07 Å². The second-order valence-electron chi connectivity index (χ2n) is 4.62. The summed E-state index contributed by atoms with van der Waals surface area (Å²) in [7, 11) is 0. The Kier molecular flexibility index (Phi) is 6.61. The number of nitrogens with one attached hydrogen (secondary N) is 1. The molecule has 1 N–H and O–H groups in total. The maximum Gasteiger partial charge on any atom is 0.141 e. The van der Waals surface area contributed by atoms with Crippen molar-refractivity contribution < 1.29 is 9.13 Å². The van der Waals surface area contributed by atoms with Crippen molar-refractivity contribution in [2.75, 3.05) is 13.2 Å². The van der Waals surface area contributed by atoms with Crippen molar-refractivity contribution in [3.05, 3.63) is 34.6 Å². The molecule has 0 heterocycles. The van der Waals surface area contributed by atoms with Crippen LogP contribution in [0.15, 0.2) is 18.2 Å². The van der Waals surface area contributed by atoms with Gasteiger partial charge in [-0.05, 0) is 51.4 Å². The van der Waals surface area contributed by atoms with Gasteiger partial charge in [-0.1, -0.05) is 17.7 Å². The molecule has 1 aromatic carbocycles. The van der Waals surface area contributed by atoms with Crippen molar-refractivity contribution in [2.24, 2.45) is 0 Å². The molecule has 0 saturated heterocycles. The quantitative estimate of drug-likeness (QED) is 0.760. The standard InChI is InChI=1S/C14H21ClFNO/c1-10(2)18-8-4-7-17-11(3)12-5-6-14(16)13(15)9-12/h5-6,9-11,17H,4,7-8H2,1-3H3. The van der Waals surface area contributed by atoms with Gasteiger partial charge in [0.1, 0.15) is 5.82 Å². The van der Waals surface area contributed by atoms with E-state index in [4.69, 9.17) is 16.3 Å². The molecule has 0 radical (unpaired) electrons. The molecule has 1 aromatic rings. The maximum absolute atomic E-state index is 13.0. The van der Waals surface area contributed by atoms with E-state index >= 15 is 0 Å². The molecule has 18 heavy (non-hydrogen) atoms. The van der Waals surface area contributed by atoms with Crippen LogP contribution < -0.4 is 5.32 Å². The molecular formula is C14H21ClFNO. The fraction of sp³-hybridized carbons (Fsp3) is 0.571. The van der Waals surface area contributed by atoms with Crippen LogP contribution in [0.3, 0.4) is 0 Å². The minimum absolute atomic E-state index is 0.155. The summed E-state index contributed by atoms with van der Waals surface area (Å²) in [6, 6.07) is 4.97. The number of halogens is 2. The first-order chi connectivity index (χ1) is 8.50. The van der Waals surface area contributed by atoms with Crippen molar-refractivity contribution in [2.45, 2.75) is 39.3 Å². The molecule has 1 atom stereocenters. The lowest BCUT2D eigenvalue weighted by atomic mass is 10.1.